The number of thioether (sulfide) groups is 1. The lowest BCUT2D eigenvalue weighted by atomic mass is 10.2. The first-order chi connectivity index (χ1) is 16.0. The Morgan fingerprint density at radius 1 is 1.03 bits per heavy atom. The maximum absolute atomic E-state index is 12.8. The summed E-state index contributed by atoms with van der Waals surface area (Å²) in [6.45, 7) is 1.10. The second-order valence-corrected chi connectivity index (χ2v) is 8.40. The summed E-state index contributed by atoms with van der Waals surface area (Å²) in [4.78, 5) is 14.9. The number of carbonyl (C=O) groups excluding carboxylic acids is 1. The molecular weight excluding hydrogens is 442 g/mol. The van der Waals surface area contributed by atoms with E-state index in [4.69, 9.17) is 14.2 Å². The number of aromatic nitrogens is 3. The van der Waals surface area contributed by atoms with Gasteiger partial charge in [0, 0.05) is 23.9 Å². The van der Waals surface area contributed by atoms with Crippen LogP contribution in [-0.2, 0) is 6.54 Å². The van der Waals surface area contributed by atoms with Gasteiger partial charge in [-0.15, -0.1) is 10.2 Å². The molecule has 0 saturated carbocycles. The average molecular weight is 472 g/mol. The largest absolute Gasteiger partial charge is 0.497 e. The molecule has 0 bridgehead atoms. The molecule has 2 aromatic carbocycles. The van der Waals surface area contributed by atoms with Crippen LogP contribution in [0.15, 0.2) is 47.6 Å². The van der Waals surface area contributed by atoms with E-state index in [2.05, 4.69) is 20.4 Å². The van der Waals surface area contributed by atoms with Gasteiger partial charge in [-0.3, -0.25) is 9.36 Å². The van der Waals surface area contributed by atoms with Crippen LogP contribution >= 0.6 is 11.8 Å². The molecule has 3 aromatic rings. The number of methoxy groups -OCH3 is 3. The molecule has 0 aliphatic carbocycles. The zero-order valence-corrected chi connectivity index (χ0v) is 20.3. The highest BCUT2D eigenvalue weighted by molar-refractivity contribution is 7.99. The summed E-state index contributed by atoms with van der Waals surface area (Å²) < 4.78 is 17.9. The van der Waals surface area contributed by atoms with Crippen molar-refractivity contribution >= 4 is 17.7 Å². The molecule has 1 heterocycles. The number of carbonyl (C=O) groups is 1. The van der Waals surface area contributed by atoms with Gasteiger partial charge in [-0.25, -0.2) is 0 Å². The maximum atomic E-state index is 12.8. The summed E-state index contributed by atoms with van der Waals surface area (Å²) in [5.41, 5.74) is 1.32. The molecule has 0 aliphatic rings. The lowest BCUT2D eigenvalue weighted by Gasteiger charge is -2.13. The zero-order valence-electron chi connectivity index (χ0n) is 19.5. The normalized spacial score (nSPS) is 10.8. The Kier molecular flexibility index (Phi) is 8.56. The highest BCUT2D eigenvalue weighted by Crippen LogP contribution is 2.28. The third kappa shape index (κ3) is 6.17. The number of rotatable bonds is 11. The van der Waals surface area contributed by atoms with Crippen LogP contribution in [0.25, 0.3) is 5.69 Å². The van der Waals surface area contributed by atoms with Crippen molar-refractivity contribution in [2.75, 3.05) is 47.7 Å². The number of amides is 1. The summed E-state index contributed by atoms with van der Waals surface area (Å²) >= 11 is 1.61. The number of hydrogen-bond acceptors (Lipinski definition) is 8. The van der Waals surface area contributed by atoms with Crippen LogP contribution in [0, 0.1) is 0 Å². The van der Waals surface area contributed by atoms with Gasteiger partial charge in [0.15, 0.2) is 22.5 Å². The molecular formula is C23H29N5O4S. The first-order valence-corrected chi connectivity index (χ1v) is 11.3. The Morgan fingerprint density at radius 3 is 2.52 bits per heavy atom. The van der Waals surface area contributed by atoms with Crippen LogP contribution in [0.3, 0.4) is 0 Å². The molecule has 0 fully saturated rings. The van der Waals surface area contributed by atoms with Gasteiger partial charge in [0.05, 0.1) is 33.6 Å². The summed E-state index contributed by atoms with van der Waals surface area (Å²) in [6, 6.07) is 12.7. The molecule has 10 heteroatoms. The Labute approximate surface area is 198 Å². The third-order valence-corrected chi connectivity index (χ3v) is 5.74. The van der Waals surface area contributed by atoms with Crippen LogP contribution in [0.1, 0.15) is 16.2 Å². The van der Waals surface area contributed by atoms with Crippen molar-refractivity contribution in [3.8, 4) is 22.9 Å². The van der Waals surface area contributed by atoms with E-state index < -0.39 is 0 Å². The highest BCUT2D eigenvalue weighted by atomic mass is 32.2. The minimum absolute atomic E-state index is 0.200. The van der Waals surface area contributed by atoms with E-state index in [0.29, 0.717) is 22.9 Å². The second kappa shape index (κ2) is 11.6. The monoisotopic (exact) mass is 471 g/mol. The van der Waals surface area contributed by atoms with Gasteiger partial charge < -0.3 is 24.4 Å². The van der Waals surface area contributed by atoms with Crippen LogP contribution in [-0.4, -0.2) is 73.3 Å². The first kappa shape index (κ1) is 24.4. The van der Waals surface area contributed by atoms with Gasteiger partial charge in [-0.05, 0) is 44.4 Å². The summed E-state index contributed by atoms with van der Waals surface area (Å²) in [5.74, 6) is 3.00. The van der Waals surface area contributed by atoms with Gasteiger partial charge in [-0.1, -0.05) is 17.8 Å². The summed E-state index contributed by atoms with van der Waals surface area (Å²) in [7, 11) is 8.77. The molecule has 3 rings (SSSR count). The molecule has 9 nitrogen and oxygen atoms in total. The smallest absolute Gasteiger partial charge is 0.251 e. The van der Waals surface area contributed by atoms with Crippen molar-refractivity contribution in [1.82, 2.24) is 25.0 Å². The molecule has 1 aromatic heterocycles. The Morgan fingerprint density at radius 2 is 1.82 bits per heavy atom. The van der Waals surface area contributed by atoms with Crippen LogP contribution in [0.2, 0.25) is 0 Å². The SMILES string of the molecule is COc1cccc(-n2c(CNC(=O)c3ccc(OC)c(OC)c3)nnc2SCCN(C)C)c1. The average Bonchev–Trinajstić information content (AvgIpc) is 3.24. The Hall–Kier alpha value is -3.24. The fraction of sp³-hybridized carbons (Fsp3) is 0.348. The second-order valence-electron chi connectivity index (χ2n) is 7.34. The fourth-order valence-corrected chi connectivity index (χ4v) is 4.15. The third-order valence-electron chi connectivity index (χ3n) is 4.83. The van der Waals surface area contributed by atoms with Crippen molar-refractivity contribution < 1.29 is 19.0 Å². The van der Waals surface area contributed by atoms with Crippen molar-refractivity contribution in [2.24, 2.45) is 0 Å². The molecule has 1 N–H and O–H groups in total. The van der Waals surface area contributed by atoms with Crippen LogP contribution in [0.4, 0.5) is 0 Å². The molecule has 1 amide bonds. The van der Waals surface area contributed by atoms with E-state index in [9.17, 15) is 4.79 Å². The van der Waals surface area contributed by atoms with Crippen molar-refractivity contribution in [3.63, 3.8) is 0 Å². The van der Waals surface area contributed by atoms with Gasteiger partial charge in [0.2, 0.25) is 0 Å². The summed E-state index contributed by atoms with van der Waals surface area (Å²) in [6.07, 6.45) is 0. The minimum Gasteiger partial charge on any atom is -0.497 e. The topological polar surface area (TPSA) is 90.7 Å². The number of ether oxygens (including phenoxy) is 3. The lowest BCUT2D eigenvalue weighted by Crippen LogP contribution is -2.24. The molecule has 0 spiro atoms. The van der Waals surface area contributed by atoms with E-state index in [1.54, 1.807) is 44.2 Å². The molecule has 0 saturated heterocycles. The number of benzene rings is 2. The number of hydrogen-bond donors (Lipinski definition) is 1. The van der Waals surface area contributed by atoms with Gasteiger partial charge in [-0.2, -0.15) is 0 Å². The lowest BCUT2D eigenvalue weighted by molar-refractivity contribution is 0.0949. The Balaban J connectivity index is 1.83. The van der Waals surface area contributed by atoms with E-state index >= 15 is 0 Å². The van der Waals surface area contributed by atoms with Crippen molar-refractivity contribution in [3.05, 3.63) is 53.9 Å². The predicted molar refractivity (Wildman–Crippen MR) is 128 cm³/mol. The zero-order chi connectivity index (χ0) is 23.8. The van der Waals surface area contributed by atoms with E-state index in [1.807, 2.05) is 42.9 Å². The molecule has 33 heavy (non-hydrogen) atoms. The minimum atomic E-state index is -0.252. The van der Waals surface area contributed by atoms with E-state index in [-0.39, 0.29) is 12.5 Å². The number of nitrogens with one attached hydrogen (secondary N) is 1. The van der Waals surface area contributed by atoms with Crippen LogP contribution in [0.5, 0.6) is 17.2 Å². The van der Waals surface area contributed by atoms with E-state index in [1.165, 1.54) is 7.11 Å². The molecule has 0 unspecified atom stereocenters. The van der Waals surface area contributed by atoms with Gasteiger partial charge in [0.1, 0.15) is 5.75 Å². The molecule has 0 atom stereocenters. The van der Waals surface area contributed by atoms with E-state index in [0.717, 1.165) is 28.9 Å². The fourth-order valence-electron chi connectivity index (χ4n) is 3.08. The highest BCUT2D eigenvalue weighted by Gasteiger charge is 2.17. The predicted octanol–water partition coefficient (Wildman–Crippen LogP) is 2.88. The maximum Gasteiger partial charge on any atom is 0.251 e. The number of nitrogens with zero attached hydrogens (tertiary/aromatic N) is 4. The summed E-state index contributed by atoms with van der Waals surface area (Å²) in [5, 5.41) is 12.4. The quantitative estimate of drug-likeness (QED) is 0.427. The first-order valence-electron chi connectivity index (χ1n) is 10.3. The molecule has 0 radical (unpaired) electrons. The Bertz CT molecular complexity index is 1090. The standard InChI is InChI=1S/C23H29N5O4S/c1-27(2)11-12-33-23-26-25-21(28(23)17-7-6-8-18(14-17)30-3)15-24-22(29)16-9-10-19(31-4)20(13-16)32-5/h6-10,13-14H,11-12,15H2,1-5H3,(H,24,29). The van der Waals surface area contributed by atoms with Crippen molar-refractivity contribution in [2.45, 2.75) is 11.7 Å². The van der Waals surface area contributed by atoms with Crippen molar-refractivity contribution in [1.29, 1.82) is 0 Å². The molecule has 176 valence electrons. The van der Waals surface area contributed by atoms with Gasteiger partial charge >= 0.3 is 0 Å². The molecule has 0 aliphatic heterocycles. The van der Waals surface area contributed by atoms with Crippen LogP contribution < -0.4 is 19.5 Å². The van der Waals surface area contributed by atoms with Gasteiger partial charge in [0.25, 0.3) is 5.91 Å².